The second-order valence-electron chi connectivity index (χ2n) is 3.33. The number of benzene rings is 1. The number of aromatic nitrogens is 1. The highest BCUT2D eigenvalue weighted by Gasteiger charge is 2.07. The van der Waals surface area contributed by atoms with Gasteiger partial charge >= 0.3 is 11.4 Å². The van der Waals surface area contributed by atoms with E-state index in [0.717, 1.165) is 6.42 Å². The molecular formula is C11H11NO4. The topological polar surface area (TPSA) is 72.3 Å². The quantitative estimate of drug-likeness (QED) is 0.847. The number of H-pyrrole nitrogens is 1. The van der Waals surface area contributed by atoms with E-state index in [-0.39, 0.29) is 0 Å². The van der Waals surface area contributed by atoms with Crippen molar-refractivity contribution in [2.45, 2.75) is 13.3 Å². The normalized spacial score (nSPS) is 10.6. The van der Waals surface area contributed by atoms with Crippen LogP contribution in [-0.2, 0) is 0 Å². The molecule has 0 aliphatic carbocycles. The minimum Gasteiger partial charge on any atom is -0.491 e. The van der Waals surface area contributed by atoms with Gasteiger partial charge in [-0.05, 0) is 18.6 Å². The molecule has 1 aromatic carbocycles. The van der Waals surface area contributed by atoms with Crippen molar-refractivity contribution in [2.75, 3.05) is 6.61 Å². The average molecular weight is 221 g/mol. The molecule has 0 fully saturated rings. The van der Waals surface area contributed by atoms with Crippen molar-refractivity contribution in [3.63, 3.8) is 0 Å². The molecule has 0 unspecified atom stereocenters. The van der Waals surface area contributed by atoms with Gasteiger partial charge in [0.2, 0.25) is 0 Å². The van der Waals surface area contributed by atoms with Gasteiger partial charge in [-0.25, -0.2) is 9.59 Å². The van der Waals surface area contributed by atoms with Crippen LogP contribution in [0.4, 0.5) is 0 Å². The summed E-state index contributed by atoms with van der Waals surface area (Å²) < 4.78 is 9.86. The van der Waals surface area contributed by atoms with Crippen LogP contribution in [0, 0.1) is 0 Å². The third-order valence-corrected chi connectivity index (χ3v) is 2.12. The first-order valence-electron chi connectivity index (χ1n) is 5.01. The van der Waals surface area contributed by atoms with Gasteiger partial charge in [-0.15, -0.1) is 0 Å². The zero-order valence-electron chi connectivity index (χ0n) is 8.78. The summed E-state index contributed by atoms with van der Waals surface area (Å²) in [5.41, 5.74) is -0.266. The first-order valence-corrected chi connectivity index (χ1v) is 5.01. The van der Waals surface area contributed by atoms with Crippen molar-refractivity contribution in [1.29, 1.82) is 0 Å². The molecule has 1 heterocycles. The molecule has 0 saturated heterocycles. The van der Waals surface area contributed by atoms with Crippen LogP contribution < -0.4 is 16.1 Å². The summed E-state index contributed by atoms with van der Waals surface area (Å²) in [7, 11) is 0. The van der Waals surface area contributed by atoms with Crippen molar-refractivity contribution >= 4 is 10.9 Å². The van der Waals surface area contributed by atoms with Crippen LogP contribution in [0.15, 0.2) is 32.2 Å². The van der Waals surface area contributed by atoms with Gasteiger partial charge in [0.05, 0.1) is 12.0 Å². The van der Waals surface area contributed by atoms with Gasteiger partial charge in [-0.3, -0.25) is 4.98 Å². The maximum absolute atomic E-state index is 11.4. The van der Waals surface area contributed by atoms with Crippen LogP contribution in [0.3, 0.4) is 0 Å². The third kappa shape index (κ3) is 1.84. The number of nitrogens with one attached hydrogen (secondary N) is 1. The average Bonchev–Trinajstić information content (AvgIpc) is 2.26. The molecule has 0 amide bonds. The Morgan fingerprint density at radius 2 is 2.19 bits per heavy atom. The minimum atomic E-state index is -0.773. The van der Waals surface area contributed by atoms with Gasteiger partial charge in [0.25, 0.3) is 0 Å². The first kappa shape index (κ1) is 10.5. The van der Waals surface area contributed by atoms with Crippen molar-refractivity contribution in [1.82, 2.24) is 4.98 Å². The third-order valence-electron chi connectivity index (χ3n) is 2.12. The number of fused-ring (bicyclic) bond motifs is 1. The number of ether oxygens (including phenoxy) is 1. The minimum absolute atomic E-state index is 0.313. The molecule has 0 spiro atoms. The lowest BCUT2D eigenvalue weighted by molar-refractivity contribution is 0.320. The molecule has 16 heavy (non-hydrogen) atoms. The Morgan fingerprint density at radius 3 is 2.94 bits per heavy atom. The smallest absolute Gasteiger partial charge is 0.419 e. The molecule has 2 aromatic rings. The molecule has 0 radical (unpaired) electrons. The predicted octanol–water partition coefficient (Wildman–Crippen LogP) is 1.27. The van der Waals surface area contributed by atoms with Gasteiger partial charge in [0.1, 0.15) is 11.3 Å². The number of aromatic amines is 1. The first-order chi connectivity index (χ1) is 7.72. The highest BCUT2D eigenvalue weighted by molar-refractivity contribution is 5.82. The summed E-state index contributed by atoms with van der Waals surface area (Å²) >= 11 is 0. The molecule has 1 aromatic heterocycles. The van der Waals surface area contributed by atoms with Crippen LogP contribution >= 0.6 is 0 Å². The van der Waals surface area contributed by atoms with E-state index >= 15 is 0 Å². The van der Waals surface area contributed by atoms with Crippen molar-refractivity contribution in [3.8, 4) is 5.75 Å². The molecule has 1 N–H and O–H groups in total. The summed E-state index contributed by atoms with van der Waals surface area (Å²) in [6, 6.07) is 4.96. The highest BCUT2D eigenvalue weighted by atomic mass is 16.5. The Hall–Kier alpha value is -2.04. The van der Waals surface area contributed by atoms with Crippen LogP contribution in [0.1, 0.15) is 13.3 Å². The highest BCUT2D eigenvalue weighted by Crippen LogP contribution is 2.20. The zero-order valence-corrected chi connectivity index (χ0v) is 8.78. The Balaban J connectivity index is 2.67. The van der Waals surface area contributed by atoms with E-state index in [1.165, 1.54) is 0 Å². The monoisotopic (exact) mass is 221 g/mol. The summed E-state index contributed by atoms with van der Waals surface area (Å²) in [4.78, 5) is 24.9. The van der Waals surface area contributed by atoms with Gasteiger partial charge in [0, 0.05) is 0 Å². The molecule has 84 valence electrons. The van der Waals surface area contributed by atoms with Gasteiger partial charge in [-0.2, -0.15) is 0 Å². The predicted molar refractivity (Wildman–Crippen MR) is 58.9 cm³/mol. The lowest BCUT2D eigenvalue weighted by Crippen LogP contribution is -2.15. The van der Waals surface area contributed by atoms with Crippen LogP contribution in [0.25, 0.3) is 10.9 Å². The Morgan fingerprint density at radius 1 is 1.38 bits per heavy atom. The van der Waals surface area contributed by atoms with E-state index in [9.17, 15) is 9.59 Å². The van der Waals surface area contributed by atoms with Gasteiger partial charge in [-0.1, -0.05) is 13.0 Å². The molecule has 2 rings (SSSR count). The molecule has 0 bridgehead atoms. The fourth-order valence-corrected chi connectivity index (χ4v) is 1.43. The number of hydrogen-bond acceptors (Lipinski definition) is 4. The summed E-state index contributed by atoms with van der Waals surface area (Å²) in [6.07, 6.45) is 0.849. The largest absolute Gasteiger partial charge is 0.491 e. The molecule has 5 nitrogen and oxygen atoms in total. The molecule has 0 aliphatic rings. The fourth-order valence-electron chi connectivity index (χ4n) is 1.43. The van der Waals surface area contributed by atoms with E-state index in [4.69, 9.17) is 4.74 Å². The van der Waals surface area contributed by atoms with Crippen LogP contribution in [0.5, 0.6) is 5.75 Å². The SMILES string of the molecule is CCCOc1cccc2c(=O)oc(=O)[nH]c12. The van der Waals surface area contributed by atoms with Crippen molar-refractivity contribution in [2.24, 2.45) is 0 Å². The Bertz CT molecular complexity index is 611. The van der Waals surface area contributed by atoms with E-state index in [1.807, 2.05) is 6.92 Å². The van der Waals surface area contributed by atoms with E-state index < -0.39 is 11.4 Å². The molecule has 0 atom stereocenters. The summed E-state index contributed by atoms with van der Waals surface area (Å²) in [5, 5.41) is 0.313. The van der Waals surface area contributed by atoms with E-state index in [1.54, 1.807) is 18.2 Å². The summed E-state index contributed by atoms with van der Waals surface area (Å²) in [5.74, 6) is -0.283. The maximum atomic E-state index is 11.4. The Kier molecular flexibility index (Phi) is 2.76. The van der Waals surface area contributed by atoms with Crippen LogP contribution in [0.2, 0.25) is 0 Å². The zero-order chi connectivity index (χ0) is 11.5. The molecule has 0 saturated carbocycles. The maximum Gasteiger partial charge on any atom is 0.419 e. The van der Waals surface area contributed by atoms with E-state index in [0.29, 0.717) is 23.3 Å². The number of para-hydroxylation sites is 1. The summed E-state index contributed by atoms with van der Waals surface area (Å²) in [6.45, 7) is 2.50. The number of rotatable bonds is 3. The molecule has 0 aliphatic heterocycles. The van der Waals surface area contributed by atoms with E-state index in [2.05, 4.69) is 9.40 Å². The van der Waals surface area contributed by atoms with Crippen molar-refractivity contribution < 1.29 is 9.15 Å². The molecular weight excluding hydrogens is 210 g/mol. The van der Waals surface area contributed by atoms with Gasteiger partial charge < -0.3 is 9.15 Å². The standard InChI is InChI=1S/C11H11NO4/c1-2-6-15-8-5-3-4-7-9(8)12-11(14)16-10(7)13/h3-5H,2,6H2,1H3,(H,12,14). The Labute approximate surface area is 90.7 Å². The fraction of sp³-hybridized carbons (Fsp3) is 0.273. The lowest BCUT2D eigenvalue weighted by Gasteiger charge is -2.06. The second kappa shape index (κ2) is 4.22. The number of hydrogen-bond donors (Lipinski definition) is 1. The lowest BCUT2D eigenvalue weighted by atomic mass is 10.2. The van der Waals surface area contributed by atoms with Gasteiger partial charge in [0.15, 0.2) is 0 Å². The van der Waals surface area contributed by atoms with Crippen LogP contribution in [-0.4, -0.2) is 11.6 Å². The van der Waals surface area contributed by atoms with Crippen molar-refractivity contribution in [3.05, 3.63) is 39.2 Å². The molecule has 5 heteroatoms. The second-order valence-corrected chi connectivity index (χ2v) is 3.33.